The monoisotopic (exact) mass is 287 g/mol. The molecule has 3 atom stereocenters. The molecule has 2 N–H and O–H groups in total. The maximum atomic E-state index is 10.6. The highest BCUT2D eigenvalue weighted by atomic mass is 16.3. The number of aliphatic hydroxyl groups is 1. The van der Waals surface area contributed by atoms with Crippen molar-refractivity contribution >= 4 is 0 Å². The average Bonchev–Trinajstić information content (AvgIpc) is 2.91. The average molecular weight is 287 g/mol. The van der Waals surface area contributed by atoms with Gasteiger partial charge in [-0.3, -0.25) is 4.68 Å². The highest BCUT2D eigenvalue weighted by molar-refractivity contribution is 5.21. The Bertz CT molecular complexity index is 562. The summed E-state index contributed by atoms with van der Waals surface area (Å²) in [7, 11) is 0. The summed E-state index contributed by atoms with van der Waals surface area (Å²) in [6.45, 7) is 8.62. The van der Waals surface area contributed by atoms with Crippen molar-refractivity contribution in [3.05, 3.63) is 53.9 Å². The minimum absolute atomic E-state index is 0.208. The quantitative estimate of drug-likeness (QED) is 0.858. The lowest BCUT2D eigenvalue weighted by Crippen LogP contribution is -2.42. The number of aromatic nitrogens is 2. The lowest BCUT2D eigenvalue weighted by Gasteiger charge is -2.29. The number of nitrogens with one attached hydrogen (secondary N) is 1. The number of hydrogen-bond donors (Lipinski definition) is 2. The van der Waals surface area contributed by atoms with Crippen LogP contribution in [0.25, 0.3) is 0 Å². The molecule has 4 heteroatoms. The minimum Gasteiger partial charge on any atom is -0.384 e. The van der Waals surface area contributed by atoms with E-state index in [0.717, 1.165) is 11.1 Å². The van der Waals surface area contributed by atoms with E-state index in [-0.39, 0.29) is 12.1 Å². The lowest BCUT2D eigenvalue weighted by molar-refractivity contribution is 0.0524. The molecule has 0 saturated carbocycles. The van der Waals surface area contributed by atoms with Crippen LogP contribution in [-0.4, -0.2) is 27.5 Å². The van der Waals surface area contributed by atoms with Crippen LogP contribution in [-0.2, 0) is 5.60 Å². The summed E-state index contributed by atoms with van der Waals surface area (Å²) in [6, 6.07) is 10.2. The van der Waals surface area contributed by atoms with Crippen LogP contribution in [0.15, 0.2) is 42.7 Å². The van der Waals surface area contributed by atoms with Gasteiger partial charge in [-0.15, -0.1) is 0 Å². The summed E-state index contributed by atoms with van der Waals surface area (Å²) in [6.07, 6.45) is 3.90. The third-order valence-electron chi connectivity index (χ3n) is 4.04. The summed E-state index contributed by atoms with van der Waals surface area (Å²) < 4.78 is 1.96. The summed E-state index contributed by atoms with van der Waals surface area (Å²) in [5.74, 6) is 0. The zero-order chi connectivity index (χ0) is 15.5. The highest BCUT2D eigenvalue weighted by Crippen LogP contribution is 2.20. The van der Waals surface area contributed by atoms with Crippen LogP contribution in [0, 0.1) is 6.92 Å². The molecule has 0 spiro atoms. The van der Waals surface area contributed by atoms with Crippen molar-refractivity contribution in [2.45, 2.75) is 45.4 Å². The van der Waals surface area contributed by atoms with Gasteiger partial charge in [0.2, 0.25) is 0 Å². The van der Waals surface area contributed by atoms with E-state index in [1.807, 2.05) is 61.3 Å². The second-order valence-electron chi connectivity index (χ2n) is 6.05. The molecule has 0 amide bonds. The smallest absolute Gasteiger partial charge is 0.0992 e. The zero-order valence-corrected chi connectivity index (χ0v) is 13.2. The lowest BCUT2D eigenvalue weighted by atomic mass is 9.95. The minimum atomic E-state index is -0.880. The first kappa shape index (κ1) is 15.7. The van der Waals surface area contributed by atoms with Crippen molar-refractivity contribution in [2.24, 2.45) is 0 Å². The molecule has 1 aromatic carbocycles. The van der Waals surface area contributed by atoms with Gasteiger partial charge in [0.15, 0.2) is 0 Å². The van der Waals surface area contributed by atoms with Gasteiger partial charge in [0.05, 0.1) is 17.8 Å². The number of hydrogen-bond acceptors (Lipinski definition) is 3. The maximum Gasteiger partial charge on any atom is 0.0992 e. The molecule has 0 radical (unpaired) electrons. The normalized spacial score (nSPS) is 17.2. The molecule has 0 fully saturated rings. The van der Waals surface area contributed by atoms with Crippen LogP contribution < -0.4 is 5.32 Å². The van der Waals surface area contributed by atoms with Crippen molar-refractivity contribution in [1.82, 2.24) is 15.1 Å². The molecule has 21 heavy (non-hydrogen) atoms. The Labute approximate surface area is 126 Å². The van der Waals surface area contributed by atoms with Gasteiger partial charge in [0, 0.05) is 18.8 Å². The van der Waals surface area contributed by atoms with Gasteiger partial charge in [0.1, 0.15) is 0 Å². The maximum absolute atomic E-state index is 10.6. The fourth-order valence-corrected chi connectivity index (χ4v) is 2.31. The SMILES string of the molecule is Cc1cnn(C(C)C(C)NCC(C)(O)c2ccccc2)c1. The third-order valence-corrected chi connectivity index (χ3v) is 4.04. The molecule has 0 saturated heterocycles. The molecule has 0 aliphatic heterocycles. The molecule has 1 aromatic heterocycles. The first-order valence-corrected chi connectivity index (χ1v) is 7.42. The van der Waals surface area contributed by atoms with Crippen LogP contribution in [0.3, 0.4) is 0 Å². The molecular formula is C17H25N3O. The van der Waals surface area contributed by atoms with E-state index in [2.05, 4.69) is 24.3 Å². The van der Waals surface area contributed by atoms with Crippen molar-refractivity contribution in [2.75, 3.05) is 6.54 Å². The van der Waals surface area contributed by atoms with Crippen LogP contribution >= 0.6 is 0 Å². The summed E-state index contributed by atoms with van der Waals surface area (Å²) in [5, 5.41) is 18.4. The van der Waals surface area contributed by atoms with E-state index < -0.39 is 5.60 Å². The fraction of sp³-hybridized carbons (Fsp3) is 0.471. The van der Waals surface area contributed by atoms with Gasteiger partial charge in [-0.05, 0) is 38.8 Å². The molecule has 114 valence electrons. The number of rotatable bonds is 6. The Morgan fingerprint density at radius 1 is 1.29 bits per heavy atom. The summed E-state index contributed by atoms with van der Waals surface area (Å²) in [4.78, 5) is 0. The molecule has 0 aliphatic rings. The second kappa shape index (κ2) is 6.41. The number of benzene rings is 1. The molecule has 3 unspecified atom stereocenters. The second-order valence-corrected chi connectivity index (χ2v) is 6.05. The Morgan fingerprint density at radius 3 is 2.52 bits per heavy atom. The first-order valence-electron chi connectivity index (χ1n) is 7.42. The summed E-state index contributed by atoms with van der Waals surface area (Å²) in [5.41, 5.74) is 1.20. The third kappa shape index (κ3) is 3.93. The topological polar surface area (TPSA) is 50.1 Å². The van der Waals surface area contributed by atoms with Gasteiger partial charge >= 0.3 is 0 Å². The largest absolute Gasteiger partial charge is 0.384 e. The van der Waals surface area contributed by atoms with Gasteiger partial charge in [-0.2, -0.15) is 5.10 Å². The van der Waals surface area contributed by atoms with E-state index in [9.17, 15) is 5.11 Å². The number of aryl methyl sites for hydroxylation is 1. The van der Waals surface area contributed by atoms with E-state index in [4.69, 9.17) is 0 Å². The molecule has 4 nitrogen and oxygen atoms in total. The number of nitrogens with zero attached hydrogens (tertiary/aromatic N) is 2. The van der Waals surface area contributed by atoms with Crippen molar-refractivity contribution in [1.29, 1.82) is 0 Å². The van der Waals surface area contributed by atoms with Crippen LogP contribution in [0.4, 0.5) is 0 Å². The van der Waals surface area contributed by atoms with Gasteiger partial charge in [-0.1, -0.05) is 30.3 Å². The predicted molar refractivity (Wildman–Crippen MR) is 85.2 cm³/mol. The van der Waals surface area contributed by atoms with Gasteiger partial charge < -0.3 is 10.4 Å². The van der Waals surface area contributed by atoms with E-state index in [1.54, 1.807) is 0 Å². The Hall–Kier alpha value is -1.65. The molecule has 2 rings (SSSR count). The van der Waals surface area contributed by atoms with Crippen LogP contribution in [0.2, 0.25) is 0 Å². The molecule has 0 bridgehead atoms. The van der Waals surface area contributed by atoms with E-state index >= 15 is 0 Å². The van der Waals surface area contributed by atoms with Gasteiger partial charge in [0.25, 0.3) is 0 Å². The van der Waals surface area contributed by atoms with Crippen molar-refractivity contribution in [3.63, 3.8) is 0 Å². The highest BCUT2D eigenvalue weighted by Gasteiger charge is 2.24. The molecule has 1 heterocycles. The molecule has 2 aromatic rings. The van der Waals surface area contributed by atoms with E-state index in [1.165, 1.54) is 0 Å². The van der Waals surface area contributed by atoms with E-state index in [0.29, 0.717) is 6.54 Å². The standard InChI is InChI=1S/C17H25N3O/c1-13-10-19-20(11-13)15(3)14(2)18-12-17(4,21)16-8-6-5-7-9-16/h5-11,14-15,18,21H,12H2,1-4H3. The Balaban J connectivity index is 1.96. The van der Waals surface area contributed by atoms with Crippen LogP contribution in [0.5, 0.6) is 0 Å². The Morgan fingerprint density at radius 2 is 1.95 bits per heavy atom. The summed E-state index contributed by atoms with van der Waals surface area (Å²) >= 11 is 0. The first-order chi connectivity index (χ1) is 9.90. The van der Waals surface area contributed by atoms with Crippen molar-refractivity contribution in [3.8, 4) is 0 Å². The predicted octanol–water partition coefficient (Wildman–Crippen LogP) is 2.64. The molecule has 0 aliphatic carbocycles. The fourth-order valence-electron chi connectivity index (χ4n) is 2.31. The zero-order valence-electron chi connectivity index (χ0n) is 13.2. The Kier molecular flexibility index (Phi) is 4.80. The van der Waals surface area contributed by atoms with Crippen molar-refractivity contribution < 1.29 is 5.11 Å². The molecular weight excluding hydrogens is 262 g/mol. The van der Waals surface area contributed by atoms with Gasteiger partial charge in [-0.25, -0.2) is 0 Å². The van der Waals surface area contributed by atoms with Crippen LogP contribution in [0.1, 0.15) is 37.9 Å².